The van der Waals surface area contributed by atoms with Gasteiger partial charge in [-0.2, -0.15) is 0 Å². The van der Waals surface area contributed by atoms with Crippen LogP contribution in [0.1, 0.15) is 30.4 Å². The van der Waals surface area contributed by atoms with E-state index in [-0.39, 0.29) is 0 Å². The van der Waals surface area contributed by atoms with Crippen LogP contribution >= 0.6 is 0 Å². The van der Waals surface area contributed by atoms with E-state index in [0.717, 1.165) is 25.6 Å². The number of aromatic nitrogens is 1. The molecule has 2 atom stereocenters. The van der Waals surface area contributed by atoms with Crippen molar-refractivity contribution in [3.8, 4) is 0 Å². The second-order valence-corrected chi connectivity index (χ2v) is 6.31. The van der Waals surface area contributed by atoms with Gasteiger partial charge >= 0.3 is 0 Å². The Balaban J connectivity index is 1.79. The number of pyridine rings is 1. The van der Waals surface area contributed by atoms with Crippen LogP contribution in [0.4, 0.5) is 5.82 Å². The highest BCUT2D eigenvalue weighted by Crippen LogP contribution is 2.31. The minimum absolute atomic E-state index is 0.693. The van der Waals surface area contributed by atoms with E-state index >= 15 is 0 Å². The lowest BCUT2D eigenvalue weighted by molar-refractivity contribution is 0.254. The number of nitrogens with two attached hydrogens (primary N) is 1. The lowest BCUT2D eigenvalue weighted by Gasteiger charge is -2.28. The van der Waals surface area contributed by atoms with E-state index in [1.807, 2.05) is 6.20 Å². The summed E-state index contributed by atoms with van der Waals surface area (Å²) in [6, 6.07) is 3.73. The van der Waals surface area contributed by atoms with Gasteiger partial charge in [-0.1, -0.05) is 6.07 Å². The van der Waals surface area contributed by atoms with Crippen molar-refractivity contribution >= 4 is 5.82 Å². The van der Waals surface area contributed by atoms with Crippen molar-refractivity contribution in [1.29, 1.82) is 0 Å². The van der Waals surface area contributed by atoms with Crippen LogP contribution in [-0.4, -0.2) is 48.6 Å². The first-order valence-electron chi connectivity index (χ1n) is 7.81. The molecule has 0 radical (unpaired) electrons. The van der Waals surface area contributed by atoms with E-state index in [0.29, 0.717) is 12.6 Å². The number of hydrogen-bond donors (Lipinski definition) is 1. The molecule has 0 spiro atoms. The first-order valence-corrected chi connectivity index (χ1v) is 7.81. The molecule has 3 rings (SSSR count). The van der Waals surface area contributed by atoms with E-state index in [1.165, 1.54) is 36.2 Å². The van der Waals surface area contributed by atoms with Gasteiger partial charge in [0.25, 0.3) is 0 Å². The van der Waals surface area contributed by atoms with E-state index in [2.05, 4.69) is 29.8 Å². The minimum Gasteiger partial charge on any atom is -0.355 e. The molecule has 1 aromatic heterocycles. The maximum atomic E-state index is 5.62. The summed E-state index contributed by atoms with van der Waals surface area (Å²) in [6.07, 6.45) is 6.89. The van der Waals surface area contributed by atoms with Crippen LogP contribution in [0, 0.1) is 6.92 Å². The van der Waals surface area contributed by atoms with Gasteiger partial charge in [-0.25, -0.2) is 4.98 Å². The monoisotopic (exact) mass is 274 g/mol. The Bertz CT molecular complexity index is 474. The molecule has 110 valence electrons. The third-order valence-corrected chi connectivity index (χ3v) is 4.99. The van der Waals surface area contributed by atoms with Crippen LogP contribution in [0.5, 0.6) is 0 Å². The van der Waals surface area contributed by atoms with Crippen LogP contribution in [0.15, 0.2) is 12.3 Å². The zero-order valence-electron chi connectivity index (χ0n) is 12.7. The van der Waals surface area contributed by atoms with Crippen molar-refractivity contribution in [2.75, 3.05) is 31.6 Å². The van der Waals surface area contributed by atoms with Crippen LogP contribution in [-0.2, 0) is 6.42 Å². The molecule has 4 heteroatoms. The Morgan fingerprint density at radius 3 is 2.85 bits per heavy atom. The fraction of sp³-hybridized carbons (Fsp3) is 0.688. The summed E-state index contributed by atoms with van der Waals surface area (Å²) in [6.45, 7) is 5.13. The topological polar surface area (TPSA) is 45.4 Å². The number of rotatable bonds is 3. The molecule has 4 nitrogen and oxygen atoms in total. The molecule has 20 heavy (non-hydrogen) atoms. The van der Waals surface area contributed by atoms with Gasteiger partial charge in [0.05, 0.1) is 0 Å². The average molecular weight is 274 g/mol. The molecule has 2 aliphatic rings. The average Bonchev–Trinajstić information content (AvgIpc) is 2.65. The fourth-order valence-electron chi connectivity index (χ4n) is 3.76. The van der Waals surface area contributed by atoms with E-state index < -0.39 is 0 Å². The molecule has 2 bridgehead atoms. The second kappa shape index (κ2) is 5.70. The Kier molecular flexibility index (Phi) is 3.94. The summed E-state index contributed by atoms with van der Waals surface area (Å²) in [5.74, 6) is 1.17. The molecular weight excluding hydrogens is 248 g/mol. The van der Waals surface area contributed by atoms with Crippen molar-refractivity contribution in [3.63, 3.8) is 0 Å². The van der Waals surface area contributed by atoms with Gasteiger partial charge in [0.1, 0.15) is 5.82 Å². The summed E-state index contributed by atoms with van der Waals surface area (Å²) in [7, 11) is 2.29. The predicted molar refractivity (Wildman–Crippen MR) is 83.1 cm³/mol. The number of aryl methyl sites for hydroxylation is 1. The molecule has 2 N–H and O–H groups in total. The van der Waals surface area contributed by atoms with Crippen molar-refractivity contribution in [3.05, 3.63) is 23.4 Å². The lowest BCUT2D eigenvalue weighted by Crippen LogP contribution is -2.37. The van der Waals surface area contributed by atoms with Gasteiger partial charge in [0.15, 0.2) is 0 Å². The standard InChI is InChI=1S/C16H26N4/c1-12-9-13(5-7-17)10-18-16(12)20-8-6-14-3-4-15(11-20)19(14)2/h9-10,14-15H,3-8,11,17H2,1-2H3. The Morgan fingerprint density at radius 1 is 1.30 bits per heavy atom. The summed E-state index contributed by atoms with van der Waals surface area (Å²) in [5.41, 5.74) is 8.17. The Hall–Kier alpha value is -1.13. The van der Waals surface area contributed by atoms with Crippen LogP contribution in [0.2, 0.25) is 0 Å². The summed E-state index contributed by atoms with van der Waals surface area (Å²) >= 11 is 0. The Labute approximate surface area is 122 Å². The van der Waals surface area contributed by atoms with E-state index in [9.17, 15) is 0 Å². The predicted octanol–water partition coefficient (Wildman–Crippen LogP) is 1.56. The van der Waals surface area contributed by atoms with Crippen LogP contribution in [0.3, 0.4) is 0 Å². The van der Waals surface area contributed by atoms with Crippen molar-refractivity contribution in [1.82, 2.24) is 9.88 Å². The van der Waals surface area contributed by atoms with Gasteiger partial charge in [-0.3, -0.25) is 4.90 Å². The summed E-state index contributed by atoms with van der Waals surface area (Å²) in [4.78, 5) is 9.79. The number of hydrogen-bond acceptors (Lipinski definition) is 4. The number of anilines is 1. The second-order valence-electron chi connectivity index (χ2n) is 6.31. The van der Waals surface area contributed by atoms with Gasteiger partial charge < -0.3 is 10.6 Å². The molecule has 2 unspecified atom stereocenters. The van der Waals surface area contributed by atoms with Crippen molar-refractivity contribution < 1.29 is 0 Å². The molecule has 0 saturated carbocycles. The third-order valence-electron chi connectivity index (χ3n) is 4.99. The molecule has 2 fully saturated rings. The highest BCUT2D eigenvalue weighted by atomic mass is 15.3. The summed E-state index contributed by atoms with van der Waals surface area (Å²) < 4.78 is 0. The number of nitrogens with zero attached hydrogens (tertiary/aromatic N) is 3. The van der Waals surface area contributed by atoms with E-state index in [4.69, 9.17) is 10.7 Å². The molecule has 3 heterocycles. The zero-order chi connectivity index (χ0) is 14.1. The minimum atomic E-state index is 0.693. The third kappa shape index (κ3) is 2.54. The molecule has 0 aromatic carbocycles. The van der Waals surface area contributed by atoms with Gasteiger partial charge in [0.2, 0.25) is 0 Å². The smallest absolute Gasteiger partial charge is 0.131 e. The zero-order valence-corrected chi connectivity index (χ0v) is 12.7. The first-order chi connectivity index (χ1) is 9.69. The summed E-state index contributed by atoms with van der Waals surface area (Å²) in [5, 5.41) is 0. The fourth-order valence-corrected chi connectivity index (χ4v) is 3.76. The number of fused-ring (bicyclic) bond motifs is 2. The van der Waals surface area contributed by atoms with Gasteiger partial charge in [-0.15, -0.1) is 0 Å². The van der Waals surface area contributed by atoms with Crippen LogP contribution in [0.25, 0.3) is 0 Å². The van der Waals surface area contributed by atoms with Crippen molar-refractivity contribution in [2.24, 2.45) is 5.73 Å². The van der Waals surface area contributed by atoms with Gasteiger partial charge in [0, 0.05) is 31.4 Å². The highest BCUT2D eigenvalue weighted by molar-refractivity contribution is 5.48. The first kappa shape index (κ1) is 13.8. The molecule has 0 amide bonds. The van der Waals surface area contributed by atoms with Gasteiger partial charge in [-0.05, 0) is 57.3 Å². The molecule has 2 saturated heterocycles. The molecule has 2 aliphatic heterocycles. The number of likely N-dealkylation sites (N-methyl/N-ethyl adjacent to an activating group) is 1. The molecule has 1 aromatic rings. The largest absolute Gasteiger partial charge is 0.355 e. The SMILES string of the molecule is Cc1cc(CCN)cnc1N1CCC2CCC(C1)N2C. The molecular formula is C16H26N4. The lowest BCUT2D eigenvalue weighted by atomic mass is 10.1. The van der Waals surface area contributed by atoms with E-state index in [1.54, 1.807) is 0 Å². The normalized spacial score (nSPS) is 26.9. The quantitative estimate of drug-likeness (QED) is 0.908. The highest BCUT2D eigenvalue weighted by Gasteiger charge is 2.35. The van der Waals surface area contributed by atoms with Crippen LogP contribution < -0.4 is 10.6 Å². The van der Waals surface area contributed by atoms with Crippen molar-refractivity contribution in [2.45, 2.75) is 44.7 Å². The Morgan fingerprint density at radius 2 is 2.10 bits per heavy atom. The maximum absolute atomic E-state index is 5.62. The molecule has 0 aliphatic carbocycles. The maximum Gasteiger partial charge on any atom is 0.131 e.